The molecule has 0 saturated heterocycles. The van der Waals surface area contributed by atoms with E-state index in [1.807, 2.05) is 19.1 Å². The Morgan fingerprint density at radius 3 is 2.74 bits per heavy atom. The second kappa shape index (κ2) is 6.20. The first kappa shape index (κ1) is 14.8. The number of halogens is 3. The number of hydrogen-bond donors (Lipinski definition) is 1. The van der Waals surface area contributed by atoms with Crippen molar-refractivity contribution in [3.63, 3.8) is 0 Å². The van der Waals surface area contributed by atoms with E-state index in [4.69, 9.17) is 11.6 Å². The second-order valence-electron chi connectivity index (χ2n) is 4.05. The minimum atomic E-state index is -0.167. The van der Waals surface area contributed by atoms with Crippen LogP contribution in [0.2, 0.25) is 5.02 Å². The molecule has 0 aliphatic carbocycles. The lowest BCUT2D eigenvalue weighted by Crippen LogP contribution is -2.13. The molecule has 0 aliphatic heterocycles. The predicted molar refractivity (Wildman–Crippen MR) is 84.7 cm³/mol. The second-order valence-corrected chi connectivity index (χ2v) is 6.11. The first-order valence-corrected chi connectivity index (χ1v) is 7.73. The van der Waals surface area contributed by atoms with Gasteiger partial charge in [-0.2, -0.15) is 0 Å². The molecule has 19 heavy (non-hydrogen) atoms. The largest absolute Gasteiger partial charge is 0.306 e. The van der Waals surface area contributed by atoms with Gasteiger partial charge in [0.25, 0.3) is 5.56 Å². The molecular formula is C13H11Br2ClN2O. The van der Waals surface area contributed by atoms with Crippen molar-refractivity contribution in [2.24, 2.45) is 0 Å². The van der Waals surface area contributed by atoms with E-state index in [-0.39, 0.29) is 5.56 Å². The van der Waals surface area contributed by atoms with E-state index >= 15 is 0 Å². The Hall–Kier alpha value is -0.650. The van der Waals surface area contributed by atoms with E-state index in [1.54, 1.807) is 6.07 Å². The van der Waals surface area contributed by atoms with Crippen molar-refractivity contribution in [3.8, 4) is 11.4 Å². The van der Waals surface area contributed by atoms with Crippen LogP contribution in [-0.4, -0.2) is 9.97 Å². The Balaban J connectivity index is 2.56. The summed E-state index contributed by atoms with van der Waals surface area (Å²) in [5, 5.41) is 0.622. The van der Waals surface area contributed by atoms with Gasteiger partial charge < -0.3 is 4.98 Å². The topological polar surface area (TPSA) is 45.8 Å². The van der Waals surface area contributed by atoms with Gasteiger partial charge >= 0.3 is 0 Å². The molecule has 0 aliphatic rings. The number of H-pyrrole nitrogens is 1. The highest BCUT2D eigenvalue weighted by Gasteiger charge is 2.10. The summed E-state index contributed by atoms with van der Waals surface area (Å²) < 4.78 is 1.28. The summed E-state index contributed by atoms with van der Waals surface area (Å²) in [5.41, 5.74) is 1.42. The van der Waals surface area contributed by atoms with Crippen molar-refractivity contribution in [1.29, 1.82) is 0 Å². The molecule has 2 rings (SSSR count). The van der Waals surface area contributed by atoms with Gasteiger partial charge in [-0.25, -0.2) is 4.98 Å². The van der Waals surface area contributed by atoms with Crippen molar-refractivity contribution >= 4 is 43.5 Å². The molecule has 1 aromatic carbocycles. The molecule has 0 atom stereocenters. The smallest absolute Gasteiger partial charge is 0.265 e. The molecule has 100 valence electrons. The molecule has 0 unspecified atom stereocenters. The molecule has 0 bridgehead atoms. The maximum Gasteiger partial charge on any atom is 0.265 e. The molecule has 1 N–H and O–H groups in total. The first-order chi connectivity index (χ1) is 9.02. The molecule has 0 spiro atoms. The SMILES string of the molecule is CCCc1nc(-c2ccc(Cl)c(Br)c2)[nH]c(=O)c1Br. The number of hydrogen-bond acceptors (Lipinski definition) is 2. The number of nitrogens with zero attached hydrogens (tertiary/aromatic N) is 1. The number of nitrogens with one attached hydrogen (secondary N) is 1. The van der Waals surface area contributed by atoms with Crippen LogP contribution in [0.5, 0.6) is 0 Å². The van der Waals surface area contributed by atoms with Crippen LogP contribution < -0.4 is 5.56 Å². The van der Waals surface area contributed by atoms with Gasteiger partial charge in [0.15, 0.2) is 0 Å². The van der Waals surface area contributed by atoms with Crippen LogP contribution >= 0.6 is 43.5 Å². The monoisotopic (exact) mass is 404 g/mol. The van der Waals surface area contributed by atoms with Crippen LogP contribution in [0.25, 0.3) is 11.4 Å². The van der Waals surface area contributed by atoms with Gasteiger partial charge in [-0.05, 0) is 56.5 Å². The highest BCUT2D eigenvalue weighted by Crippen LogP contribution is 2.27. The Bertz CT molecular complexity index is 670. The van der Waals surface area contributed by atoms with Crippen molar-refractivity contribution in [2.45, 2.75) is 19.8 Å². The zero-order chi connectivity index (χ0) is 14.0. The van der Waals surface area contributed by atoms with E-state index in [0.29, 0.717) is 15.3 Å². The van der Waals surface area contributed by atoms with E-state index < -0.39 is 0 Å². The molecular weight excluding hydrogens is 395 g/mol. The van der Waals surface area contributed by atoms with E-state index in [0.717, 1.165) is 28.6 Å². The summed E-state index contributed by atoms with van der Waals surface area (Å²) >= 11 is 12.6. The van der Waals surface area contributed by atoms with Gasteiger partial charge in [0, 0.05) is 10.0 Å². The van der Waals surface area contributed by atoms with E-state index in [2.05, 4.69) is 41.8 Å². The lowest BCUT2D eigenvalue weighted by Gasteiger charge is -2.07. The molecule has 0 saturated carbocycles. The maximum atomic E-state index is 11.9. The van der Waals surface area contributed by atoms with Gasteiger partial charge in [0.1, 0.15) is 10.3 Å². The minimum absolute atomic E-state index is 0.167. The maximum absolute atomic E-state index is 11.9. The first-order valence-electron chi connectivity index (χ1n) is 5.77. The van der Waals surface area contributed by atoms with Crippen molar-refractivity contribution < 1.29 is 0 Å². The van der Waals surface area contributed by atoms with Crippen LogP contribution in [0.3, 0.4) is 0 Å². The highest BCUT2D eigenvalue weighted by molar-refractivity contribution is 9.10. The number of aromatic nitrogens is 2. The summed E-state index contributed by atoms with van der Waals surface area (Å²) in [6.45, 7) is 2.05. The average molecular weight is 407 g/mol. The molecule has 1 aromatic heterocycles. The standard InChI is InChI=1S/C13H11Br2ClN2O/c1-2-3-10-11(15)13(19)18-12(17-10)7-4-5-9(16)8(14)6-7/h4-6H,2-3H2,1H3,(H,17,18,19). The zero-order valence-electron chi connectivity index (χ0n) is 10.1. The predicted octanol–water partition coefficient (Wildman–Crippen LogP) is 4.57. The van der Waals surface area contributed by atoms with Crippen LogP contribution in [0.1, 0.15) is 19.0 Å². The summed E-state index contributed by atoms with van der Waals surface area (Å²) in [7, 11) is 0. The zero-order valence-corrected chi connectivity index (χ0v) is 14.1. The minimum Gasteiger partial charge on any atom is -0.306 e. The van der Waals surface area contributed by atoms with Crippen molar-refractivity contribution in [3.05, 3.63) is 48.2 Å². The van der Waals surface area contributed by atoms with Gasteiger partial charge in [0.2, 0.25) is 0 Å². The normalized spacial score (nSPS) is 10.7. The molecule has 6 heteroatoms. The van der Waals surface area contributed by atoms with Crippen LogP contribution in [0.15, 0.2) is 31.9 Å². The fourth-order valence-electron chi connectivity index (χ4n) is 1.69. The molecule has 0 fully saturated rings. The molecule has 3 nitrogen and oxygen atoms in total. The Morgan fingerprint density at radius 2 is 2.11 bits per heavy atom. The summed E-state index contributed by atoms with van der Waals surface area (Å²) in [4.78, 5) is 19.1. The average Bonchev–Trinajstić information content (AvgIpc) is 2.38. The quantitative estimate of drug-likeness (QED) is 0.812. The molecule has 2 aromatic rings. The van der Waals surface area contributed by atoms with Gasteiger partial charge in [-0.1, -0.05) is 24.9 Å². The summed E-state index contributed by atoms with van der Waals surface area (Å²) in [6, 6.07) is 5.43. The number of benzene rings is 1. The third-order valence-electron chi connectivity index (χ3n) is 2.61. The molecule has 0 radical (unpaired) electrons. The van der Waals surface area contributed by atoms with Crippen LogP contribution in [0, 0.1) is 0 Å². The van der Waals surface area contributed by atoms with Crippen molar-refractivity contribution in [2.75, 3.05) is 0 Å². The van der Waals surface area contributed by atoms with E-state index in [1.165, 1.54) is 0 Å². The fraction of sp³-hybridized carbons (Fsp3) is 0.231. The number of rotatable bonds is 3. The van der Waals surface area contributed by atoms with Gasteiger partial charge in [-0.3, -0.25) is 4.79 Å². The van der Waals surface area contributed by atoms with E-state index in [9.17, 15) is 4.79 Å². The van der Waals surface area contributed by atoms with Crippen molar-refractivity contribution in [1.82, 2.24) is 9.97 Å². The van der Waals surface area contributed by atoms with Gasteiger partial charge in [0.05, 0.1) is 10.7 Å². The Morgan fingerprint density at radius 1 is 1.37 bits per heavy atom. The Kier molecular flexibility index (Phi) is 4.81. The Labute approximate surface area is 132 Å². The third-order valence-corrected chi connectivity index (χ3v) is 4.64. The summed E-state index contributed by atoms with van der Waals surface area (Å²) in [5.74, 6) is 0.550. The molecule has 1 heterocycles. The van der Waals surface area contributed by atoms with Gasteiger partial charge in [-0.15, -0.1) is 0 Å². The number of aryl methyl sites for hydroxylation is 1. The fourth-order valence-corrected chi connectivity index (χ4v) is 2.57. The lowest BCUT2D eigenvalue weighted by molar-refractivity contribution is 0.861. The highest BCUT2D eigenvalue weighted by atomic mass is 79.9. The van der Waals surface area contributed by atoms with Crippen LogP contribution in [-0.2, 0) is 6.42 Å². The lowest BCUT2D eigenvalue weighted by atomic mass is 10.2. The van der Waals surface area contributed by atoms with Crippen LogP contribution in [0.4, 0.5) is 0 Å². The third kappa shape index (κ3) is 3.27. The summed E-state index contributed by atoms with van der Waals surface area (Å²) in [6.07, 6.45) is 1.69. The number of aromatic amines is 1. The molecule has 0 amide bonds.